The van der Waals surface area contributed by atoms with Gasteiger partial charge in [-0.25, -0.2) is 4.79 Å². The first kappa shape index (κ1) is 13.4. The second kappa shape index (κ2) is 5.80. The van der Waals surface area contributed by atoms with E-state index < -0.39 is 0 Å². The quantitative estimate of drug-likeness (QED) is 0.781. The largest absolute Gasteiger partial charge is 0.331 e. The van der Waals surface area contributed by atoms with Crippen molar-refractivity contribution in [2.45, 2.75) is 6.54 Å². The van der Waals surface area contributed by atoms with Gasteiger partial charge in [-0.15, -0.1) is 10.2 Å². The Kier molecular flexibility index (Phi) is 3.70. The molecular formula is C14H12ClN5O. The number of carbonyl (C=O) groups excluding carboxylic acids is 1. The summed E-state index contributed by atoms with van der Waals surface area (Å²) < 4.78 is 1.82. The minimum Gasteiger partial charge on any atom is -0.331 e. The van der Waals surface area contributed by atoms with Crippen molar-refractivity contribution in [1.82, 2.24) is 19.9 Å². The summed E-state index contributed by atoms with van der Waals surface area (Å²) in [5, 5.41) is 14.0. The number of pyridine rings is 1. The second-order valence-corrected chi connectivity index (χ2v) is 4.80. The molecule has 0 aliphatic heterocycles. The van der Waals surface area contributed by atoms with Gasteiger partial charge in [0.15, 0.2) is 11.5 Å². The number of rotatable bonds is 3. The zero-order valence-corrected chi connectivity index (χ0v) is 11.7. The summed E-state index contributed by atoms with van der Waals surface area (Å²) in [7, 11) is 0. The highest BCUT2D eigenvalue weighted by atomic mass is 35.5. The summed E-state index contributed by atoms with van der Waals surface area (Å²) in [6, 6.07) is 12.2. The number of carbonyl (C=O) groups is 1. The first-order chi connectivity index (χ1) is 10.2. The topological polar surface area (TPSA) is 71.3 Å². The van der Waals surface area contributed by atoms with Gasteiger partial charge in [-0.05, 0) is 30.3 Å². The predicted molar refractivity (Wildman–Crippen MR) is 80.3 cm³/mol. The van der Waals surface area contributed by atoms with Gasteiger partial charge in [-0.2, -0.15) is 0 Å². The molecule has 2 N–H and O–H groups in total. The number of anilines is 1. The molecule has 0 unspecified atom stereocenters. The van der Waals surface area contributed by atoms with E-state index in [0.29, 0.717) is 16.5 Å². The fraction of sp³-hybridized carbons (Fsp3) is 0.0714. The van der Waals surface area contributed by atoms with E-state index in [1.165, 1.54) is 0 Å². The monoisotopic (exact) mass is 301 g/mol. The normalized spacial score (nSPS) is 10.5. The van der Waals surface area contributed by atoms with Gasteiger partial charge in [0.25, 0.3) is 0 Å². The third-order valence-electron chi connectivity index (χ3n) is 2.87. The minimum absolute atomic E-state index is 0.275. The van der Waals surface area contributed by atoms with E-state index in [9.17, 15) is 4.79 Å². The predicted octanol–water partition coefficient (Wildman–Crippen LogP) is 2.70. The third-order valence-corrected chi connectivity index (χ3v) is 3.11. The van der Waals surface area contributed by atoms with Gasteiger partial charge in [0.1, 0.15) is 0 Å². The molecule has 0 spiro atoms. The fourth-order valence-electron chi connectivity index (χ4n) is 1.91. The Bertz CT molecular complexity index is 786. The number of hydrogen-bond acceptors (Lipinski definition) is 3. The highest BCUT2D eigenvalue weighted by Crippen LogP contribution is 2.14. The lowest BCUT2D eigenvalue weighted by Crippen LogP contribution is -2.28. The molecule has 0 fully saturated rings. The Morgan fingerprint density at radius 2 is 2.10 bits per heavy atom. The van der Waals surface area contributed by atoms with Crippen LogP contribution in [0, 0.1) is 0 Å². The van der Waals surface area contributed by atoms with Crippen molar-refractivity contribution in [2.75, 3.05) is 5.32 Å². The van der Waals surface area contributed by atoms with Crippen molar-refractivity contribution in [3.05, 3.63) is 59.5 Å². The van der Waals surface area contributed by atoms with Crippen molar-refractivity contribution < 1.29 is 4.79 Å². The molecule has 3 aromatic rings. The smallest absolute Gasteiger partial charge is 0.319 e. The third kappa shape index (κ3) is 3.11. The summed E-state index contributed by atoms with van der Waals surface area (Å²) in [6.07, 6.45) is 1.85. The van der Waals surface area contributed by atoms with Crippen LogP contribution < -0.4 is 10.6 Å². The van der Waals surface area contributed by atoms with E-state index in [4.69, 9.17) is 11.6 Å². The molecule has 0 aliphatic rings. The number of halogens is 1. The maximum Gasteiger partial charge on any atom is 0.319 e. The van der Waals surface area contributed by atoms with Crippen LogP contribution in [0.4, 0.5) is 10.5 Å². The summed E-state index contributed by atoms with van der Waals surface area (Å²) in [4.78, 5) is 11.8. The number of fused-ring (bicyclic) bond motifs is 1. The lowest BCUT2D eigenvalue weighted by molar-refractivity contribution is 0.251. The van der Waals surface area contributed by atoms with E-state index in [1.807, 2.05) is 28.8 Å². The van der Waals surface area contributed by atoms with Crippen molar-refractivity contribution in [3.8, 4) is 0 Å². The first-order valence-electron chi connectivity index (χ1n) is 6.31. The van der Waals surface area contributed by atoms with Crippen LogP contribution in [0.25, 0.3) is 5.65 Å². The minimum atomic E-state index is -0.329. The van der Waals surface area contributed by atoms with E-state index >= 15 is 0 Å². The molecule has 0 aliphatic carbocycles. The van der Waals surface area contributed by atoms with Crippen LogP contribution in [0.5, 0.6) is 0 Å². The lowest BCUT2D eigenvalue weighted by atomic mass is 10.3. The van der Waals surface area contributed by atoms with E-state index in [0.717, 1.165) is 5.65 Å². The van der Waals surface area contributed by atoms with E-state index in [2.05, 4.69) is 20.8 Å². The molecule has 6 nitrogen and oxygen atoms in total. The number of amides is 2. The number of benzene rings is 1. The van der Waals surface area contributed by atoms with Gasteiger partial charge >= 0.3 is 6.03 Å². The first-order valence-corrected chi connectivity index (χ1v) is 6.69. The number of hydrogen-bond donors (Lipinski definition) is 2. The highest BCUT2D eigenvalue weighted by Gasteiger charge is 2.07. The Morgan fingerprint density at radius 3 is 2.95 bits per heavy atom. The maximum atomic E-state index is 11.8. The van der Waals surface area contributed by atoms with E-state index in [-0.39, 0.29) is 12.6 Å². The van der Waals surface area contributed by atoms with Crippen LogP contribution in [-0.4, -0.2) is 20.6 Å². The van der Waals surface area contributed by atoms with Crippen molar-refractivity contribution in [1.29, 1.82) is 0 Å². The van der Waals surface area contributed by atoms with Crippen LogP contribution in [0.1, 0.15) is 5.82 Å². The molecule has 2 amide bonds. The standard InChI is InChI=1S/C14H12ClN5O/c15-10-4-3-5-11(8-10)17-14(21)16-9-13-19-18-12-6-1-2-7-20(12)13/h1-8H,9H2,(H2,16,17,21). The van der Waals surface area contributed by atoms with Gasteiger partial charge in [-0.1, -0.05) is 23.7 Å². The SMILES string of the molecule is O=C(NCc1nnc2ccccn12)Nc1cccc(Cl)c1. The molecule has 7 heteroatoms. The van der Waals surface area contributed by atoms with Crippen molar-refractivity contribution in [2.24, 2.45) is 0 Å². The molecule has 2 heterocycles. The van der Waals surface area contributed by atoms with Crippen molar-refractivity contribution in [3.63, 3.8) is 0 Å². The van der Waals surface area contributed by atoms with Crippen LogP contribution in [0.3, 0.4) is 0 Å². The fourth-order valence-corrected chi connectivity index (χ4v) is 2.10. The van der Waals surface area contributed by atoms with Crippen LogP contribution >= 0.6 is 11.6 Å². The van der Waals surface area contributed by atoms with Gasteiger partial charge in [0.05, 0.1) is 6.54 Å². The Hall–Kier alpha value is -2.60. The summed E-state index contributed by atoms with van der Waals surface area (Å²) >= 11 is 5.86. The number of nitrogens with zero attached hydrogens (tertiary/aromatic N) is 3. The van der Waals surface area contributed by atoms with Gasteiger partial charge < -0.3 is 10.6 Å². The van der Waals surface area contributed by atoms with E-state index in [1.54, 1.807) is 24.3 Å². The molecule has 106 valence electrons. The molecule has 0 bridgehead atoms. The van der Waals surface area contributed by atoms with Gasteiger partial charge in [-0.3, -0.25) is 4.40 Å². The van der Waals surface area contributed by atoms with Crippen LogP contribution in [-0.2, 0) is 6.54 Å². The Labute approximate surface area is 125 Å². The molecule has 0 atom stereocenters. The Balaban J connectivity index is 1.63. The average molecular weight is 302 g/mol. The average Bonchev–Trinajstić information content (AvgIpc) is 2.88. The van der Waals surface area contributed by atoms with Gasteiger partial charge in [0.2, 0.25) is 0 Å². The van der Waals surface area contributed by atoms with Crippen LogP contribution in [0.2, 0.25) is 5.02 Å². The molecule has 2 aromatic heterocycles. The lowest BCUT2D eigenvalue weighted by Gasteiger charge is -2.07. The number of aromatic nitrogens is 3. The highest BCUT2D eigenvalue weighted by molar-refractivity contribution is 6.30. The Morgan fingerprint density at radius 1 is 1.19 bits per heavy atom. The molecular weight excluding hydrogens is 290 g/mol. The summed E-state index contributed by atoms with van der Waals surface area (Å²) in [5.41, 5.74) is 1.37. The molecule has 3 rings (SSSR count). The molecule has 0 saturated carbocycles. The summed E-state index contributed by atoms with van der Waals surface area (Å²) in [5.74, 6) is 0.659. The molecule has 0 saturated heterocycles. The van der Waals surface area contributed by atoms with Crippen molar-refractivity contribution >= 4 is 29.0 Å². The molecule has 21 heavy (non-hydrogen) atoms. The maximum absolute atomic E-state index is 11.8. The zero-order valence-electron chi connectivity index (χ0n) is 11.0. The number of nitrogens with one attached hydrogen (secondary N) is 2. The number of urea groups is 1. The van der Waals surface area contributed by atoms with Gasteiger partial charge in [0, 0.05) is 16.9 Å². The van der Waals surface area contributed by atoms with Crippen LogP contribution in [0.15, 0.2) is 48.7 Å². The second-order valence-electron chi connectivity index (χ2n) is 4.36. The zero-order chi connectivity index (χ0) is 14.7. The summed E-state index contributed by atoms with van der Waals surface area (Å²) in [6.45, 7) is 0.275. The molecule has 0 radical (unpaired) electrons. The molecule has 1 aromatic carbocycles.